The van der Waals surface area contributed by atoms with Crippen molar-refractivity contribution in [1.82, 2.24) is 4.90 Å². The number of nitrogens with zero attached hydrogens (tertiary/aromatic N) is 1. The van der Waals surface area contributed by atoms with E-state index >= 15 is 0 Å². The number of hydrogen-bond donors (Lipinski definition) is 1. The molecule has 19 heavy (non-hydrogen) atoms. The SMILES string of the molecule is CC(CCN)CCC(=O)N(C)Cc1ccccc1F. The van der Waals surface area contributed by atoms with Gasteiger partial charge in [0.05, 0.1) is 0 Å². The first-order chi connectivity index (χ1) is 9.04. The van der Waals surface area contributed by atoms with Gasteiger partial charge in [-0.25, -0.2) is 4.39 Å². The van der Waals surface area contributed by atoms with Gasteiger partial charge in [0, 0.05) is 25.6 Å². The van der Waals surface area contributed by atoms with Crippen molar-refractivity contribution in [1.29, 1.82) is 0 Å². The van der Waals surface area contributed by atoms with E-state index in [1.807, 2.05) is 0 Å². The van der Waals surface area contributed by atoms with E-state index in [1.54, 1.807) is 30.1 Å². The molecule has 4 heteroatoms. The normalized spacial score (nSPS) is 12.2. The highest BCUT2D eigenvalue weighted by Gasteiger charge is 2.12. The summed E-state index contributed by atoms with van der Waals surface area (Å²) in [6.45, 7) is 3.06. The topological polar surface area (TPSA) is 46.3 Å². The second-order valence-electron chi connectivity index (χ2n) is 5.06. The molecule has 106 valence electrons. The van der Waals surface area contributed by atoms with Crippen LogP contribution in [-0.4, -0.2) is 24.4 Å². The van der Waals surface area contributed by atoms with Crippen LogP contribution in [0.5, 0.6) is 0 Å². The summed E-state index contributed by atoms with van der Waals surface area (Å²) < 4.78 is 13.5. The van der Waals surface area contributed by atoms with Crippen molar-refractivity contribution < 1.29 is 9.18 Å². The van der Waals surface area contributed by atoms with Gasteiger partial charge in [-0.1, -0.05) is 25.1 Å². The highest BCUT2D eigenvalue weighted by molar-refractivity contribution is 5.75. The Balaban J connectivity index is 2.43. The monoisotopic (exact) mass is 266 g/mol. The third-order valence-corrected chi connectivity index (χ3v) is 3.30. The standard InChI is InChI=1S/C15H23FN2O/c1-12(9-10-17)7-8-15(19)18(2)11-13-5-3-4-6-14(13)16/h3-6,12H,7-11,17H2,1-2H3. The minimum atomic E-state index is -0.265. The fourth-order valence-electron chi connectivity index (χ4n) is 1.96. The first-order valence-corrected chi connectivity index (χ1v) is 6.72. The van der Waals surface area contributed by atoms with Crippen LogP contribution in [0.15, 0.2) is 24.3 Å². The van der Waals surface area contributed by atoms with Gasteiger partial charge in [-0.3, -0.25) is 4.79 Å². The Morgan fingerprint density at radius 3 is 2.68 bits per heavy atom. The lowest BCUT2D eigenvalue weighted by molar-refractivity contribution is -0.130. The Bertz CT molecular complexity index is 409. The highest BCUT2D eigenvalue weighted by Crippen LogP contribution is 2.13. The molecule has 0 saturated heterocycles. The lowest BCUT2D eigenvalue weighted by Crippen LogP contribution is -2.26. The summed E-state index contributed by atoms with van der Waals surface area (Å²) in [7, 11) is 1.71. The molecule has 0 aliphatic heterocycles. The molecule has 0 aliphatic carbocycles. The molecule has 0 fully saturated rings. The van der Waals surface area contributed by atoms with Crippen LogP contribution in [-0.2, 0) is 11.3 Å². The Morgan fingerprint density at radius 1 is 1.37 bits per heavy atom. The summed E-state index contributed by atoms with van der Waals surface area (Å²) in [5.41, 5.74) is 6.03. The maximum atomic E-state index is 13.5. The van der Waals surface area contributed by atoms with Crippen LogP contribution in [0.2, 0.25) is 0 Å². The van der Waals surface area contributed by atoms with E-state index in [1.165, 1.54) is 6.07 Å². The maximum Gasteiger partial charge on any atom is 0.222 e. The Hall–Kier alpha value is -1.42. The molecule has 0 spiro atoms. The third-order valence-electron chi connectivity index (χ3n) is 3.30. The van der Waals surface area contributed by atoms with Gasteiger partial charge in [0.1, 0.15) is 5.82 Å². The zero-order chi connectivity index (χ0) is 14.3. The molecule has 3 nitrogen and oxygen atoms in total. The van der Waals surface area contributed by atoms with Crippen molar-refractivity contribution in [2.45, 2.75) is 32.7 Å². The Labute approximate surface area is 114 Å². The molecule has 0 radical (unpaired) electrons. The molecule has 0 bridgehead atoms. The van der Waals surface area contributed by atoms with Gasteiger partial charge < -0.3 is 10.6 Å². The molecule has 1 atom stereocenters. The number of benzene rings is 1. The second kappa shape index (κ2) is 7.89. The van der Waals surface area contributed by atoms with Gasteiger partial charge >= 0.3 is 0 Å². The molecule has 2 N–H and O–H groups in total. The molecule has 0 aromatic heterocycles. The number of hydrogen-bond acceptors (Lipinski definition) is 2. The molecule has 1 unspecified atom stereocenters. The van der Waals surface area contributed by atoms with E-state index in [2.05, 4.69) is 6.92 Å². The molecule has 1 aromatic carbocycles. The summed E-state index contributed by atoms with van der Waals surface area (Å²) in [6, 6.07) is 6.54. The van der Waals surface area contributed by atoms with Gasteiger partial charge in [0.2, 0.25) is 5.91 Å². The average molecular weight is 266 g/mol. The van der Waals surface area contributed by atoms with Crippen LogP contribution in [0.1, 0.15) is 31.7 Å². The summed E-state index contributed by atoms with van der Waals surface area (Å²) in [5.74, 6) is 0.238. The van der Waals surface area contributed by atoms with Crippen LogP contribution in [0.4, 0.5) is 4.39 Å². The Morgan fingerprint density at radius 2 is 2.05 bits per heavy atom. The molecular weight excluding hydrogens is 243 g/mol. The number of carbonyl (C=O) groups excluding carboxylic acids is 1. The van der Waals surface area contributed by atoms with Crippen LogP contribution in [0, 0.1) is 11.7 Å². The van der Waals surface area contributed by atoms with Crippen molar-refractivity contribution in [2.24, 2.45) is 11.7 Å². The average Bonchev–Trinajstić information content (AvgIpc) is 2.39. The zero-order valence-electron chi connectivity index (χ0n) is 11.7. The van der Waals surface area contributed by atoms with Crippen molar-refractivity contribution >= 4 is 5.91 Å². The van der Waals surface area contributed by atoms with E-state index in [-0.39, 0.29) is 11.7 Å². The number of amides is 1. The molecule has 1 aromatic rings. The van der Waals surface area contributed by atoms with Gasteiger partial charge in [0.15, 0.2) is 0 Å². The van der Waals surface area contributed by atoms with E-state index in [0.717, 1.165) is 12.8 Å². The second-order valence-corrected chi connectivity index (χ2v) is 5.06. The number of halogens is 1. The van der Waals surface area contributed by atoms with Gasteiger partial charge in [-0.05, 0) is 31.4 Å². The van der Waals surface area contributed by atoms with Crippen molar-refractivity contribution in [2.75, 3.05) is 13.6 Å². The van der Waals surface area contributed by atoms with Gasteiger partial charge in [-0.15, -0.1) is 0 Å². The summed E-state index contributed by atoms with van der Waals surface area (Å²) in [5, 5.41) is 0. The molecule has 0 aliphatic rings. The minimum Gasteiger partial charge on any atom is -0.341 e. The predicted molar refractivity (Wildman–Crippen MR) is 74.9 cm³/mol. The number of nitrogens with two attached hydrogens (primary N) is 1. The van der Waals surface area contributed by atoms with Gasteiger partial charge in [0.25, 0.3) is 0 Å². The van der Waals surface area contributed by atoms with E-state index < -0.39 is 0 Å². The molecule has 0 saturated carbocycles. The van der Waals surface area contributed by atoms with Crippen molar-refractivity contribution in [3.8, 4) is 0 Å². The first kappa shape index (κ1) is 15.6. The maximum absolute atomic E-state index is 13.5. The first-order valence-electron chi connectivity index (χ1n) is 6.72. The summed E-state index contributed by atoms with van der Waals surface area (Å²) in [4.78, 5) is 13.5. The zero-order valence-corrected chi connectivity index (χ0v) is 11.7. The van der Waals surface area contributed by atoms with Crippen molar-refractivity contribution in [3.63, 3.8) is 0 Å². The fraction of sp³-hybridized carbons (Fsp3) is 0.533. The van der Waals surface area contributed by atoms with E-state index in [0.29, 0.717) is 31.0 Å². The van der Waals surface area contributed by atoms with Crippen molar-refractivity contribution in [3.05, 3.63) is 35.6 Å². The number of carbonyl (C=O) groups is 1. The number of rotatable bonds is 7. The largest absolute Gasteiger partial charge is 0.341 e. The van der Waals surface area contributed by atoms with E-state index in [9.17, 15) is 9.18 Å². The lowest BCUT2D eigenvalue weighted by Gasteiger charge is -2.18. The summed E-state index contributed by atoms with van der Waals surface area (Å²) >= 11 is 0. The van der Waals surface area contributed by atoms with Crippen LogP contribution in [0.3, 0.4) is 0 Å². The highest BCUT2D eigenvalue weighted by atomic mass is 19.1. The fourth-order valence-corrected chi connectivity index (χ4v) is 1.96. The smallest absolute Gasteiger partial charge is 0.222 e. The minimum absolute atomic E-state index is 0.0483. The molecule has 1 amide bonds. The summed E-state index contributed by atoms with van der Waals surface area (Å²) in [6.07, 6.45) is 2.26. The van der Waals surface area contributed by atoms with E-state index in [4.69, 9.17) is 5.73 Å². The lowest BCUT2D eigenvalue weighted by atomic mass is 10.0. The van der Waals surface area contributed by atoms with Gasteiger partial charge in [-0.2, -0.15) is 0 Å². The third kappa shape index (κ3) is 5.39. The molecule has 1 rings (SSSR count). The predicted octanol–water partition coefficient (Wildman–Crippen LogP) is 2.55. The Kier molecular flexibility index (Phi) is 6.50. The quantitative estimate of drug-likeness (QED) is 0.824. The van der Waals surface area contributed by atoms with Crippen LogP contribution in [0.25, 0.3) is 0 Å². The van der Waals surface area contributed by atoms with Crippen LogP contribution < -0.4 is 5.73 Å². The molecule has 0 heterocycles. The molecular formula is C15H23FN2O. The van der Waals surface area contributed by atoms with Crippen LogP contribution >= 0.6 is 0 Å².